The summed E-state index contributed by atoms with van der Waals surface area (Å²) in [7, 11) is 1.87. The molecule has 1 aliphatic heterocycles. The van der Waals surface area contributed by atoms with Gasteiger partial charge in [0.15, 0.2) is 0 Å². The second-order valence-corrected chi connectivity index (χ2v) is 6.87. The summed E-state index contributed by atoms with van der Waals surface area (Å²) in [4.78, 5) is 11.8. The average Bonchev–Trinajstić information content (AvgIpc) is 3.06. The Hall–Kier alpha value is -3.19. The molecule has 0 spiro atoms. The highest BCUT2D eigenvalue weighted by atomic mass is 16.3. The monoisotopic (exact) mass is 360 g/mol. The van der Waals surface area contributed by atoms with E-state index in [1.54, 1.807) is 10.7 Å². The lowest BCUT2D eigenvalue weighted by molar-refractivity contribution is 0.478. The molecule has 0 bridgehead atoms. The molecule has 0 unspecified atom stereocenters. The molecule has 2 N–H and O–H groups in total. The van der Waals surface area contributed by atoms with Crippen molar-refractivity contribution in [2.24, 2.45) is 7.05 Å². The van der Waals surface area contributed by atoms with E-state index in [0.29, 0.717) is 5.56 Å². The zero-order valence-electron chi connectivity index (χ0n) is 15.1. The van der Waals surface area contributed by atoms with Gasteiger partial charge in [0, 0.05) is 56.4 Å². The molecule has 0 saturated carbocycles. The normalized spacial score (nSPS) is 14.9. The topological polar surface area (TPSA) is 79.1 Å². The van der Waals surface area contributed by atoms with Crippen LogP contribution in [0.1, 0.15) is 0 Å². The first-order valence-electron chi connectivity index (χ1n) is 9.07. The van der Waals surface area contributed by atoms with Gasteiger partial charge in [-0.3, -0.25) is 4.68 Å². The molecule has 0 radical (unpaired) electrons. The maximum absolute atomic E-state index is 10.4. The molecule has 0 amide bonds. The first-order chi connectivity index (χ1) is 13.2. The van der Waals surface area contributed by atoms with E-state index >= 15 is 0 Å². The first-order valence-corrected chi connectivity index (χ1v) is 9.07. The number of hydrogen-bond acceptors (Lipinski definition) is 6. The van der Waals surface area contributed by atoms with E-state index in [1.807, 2.05) is 43.6 Å². The van der Waals surface area contributed by atoms with Crippen molar-refractivity contribution in [3.8, 4) is 17.0 Å². The van der Waals surface area contributed by atoms with Gasteiger partial charge in [0.25, 0.3) is 0 Å². The number of phenolic OH excluding ortho intramolecular Hbond substituents is 1. The molecule has 5 rings (SSSR count). The third kappa shape index (κ3) is 2.86. The van der Waals surface area contributed by atoms with E-state index < -0.39 is 0 Å². The summed E-state index contributed by atoms with van der Waals surface area (Å²) in [6.07, 6.45) is 1.93. The smallest absolute Gasteiger partial charge is 0.129 e. The van der Waals surface area contributed by atoms with Crippen molar-refractivity contribution in [1.29, 1.82) is 0 Å². The SMILES string of the molecule is Cn1cc2cc(-c3ccc4nc(N5CCNCC5)ccc4n3)c(O)cc2n1. The minimum absolute atomic E-state index is 0.179. The Morgan fingerprint density at radius 2 is 1.74 bits per heavy atom. The Kier molecular flexibility index (Phi) is 3.68. The van der Waals surface area contributed by atoms with Crippen LogP contribution >= 0.6 is 0 Å². The maximum atomic E-state index is 10.4. The van der Waals surface area contributed by atoms with Crippen molar-refractivity contribution in [3.05, 3.63) is 42.6 Å². The highest BCUT2D eigenvalue weighted by Gasteiger charge is 2.14. The summed E-state index contributed by atoms with van der Waals surface area (Å²) >= 11 is 0. The number of benzene rings is 1. The standard InChI is InChI=1S/C20H20N6O/c1-25-12-13-10-14(19(27)11-18(13)24-25)15-2-3-17-16(22-15)4-5-20(23-17)26-8-6-21-7-9-26/h2-5,10-12,21,27H,6-9H2,1H3. The zero-order valence-corrected chi connectivity index (χ0v) is 15.1. The van der Waals surface area contributed by atoms with Crippen LogP contribution in [0.5, 0.6) is 5.75 Å². The Labute approximate surface area is 156 Å². The van der Waals surface area contributed by atoms with Crippen LogP contribution in [0.15, 0.2) is 42.6 Å². The van der Waals surface area contributed by atoms with Crippen LogP contribution in [0.3, 0.4) is 0 Å². The van der Waals surface area contributed by atoms with Gasteiger partial charge in [-0.15, -0.1) is 0 Å². The maximum Gasteiger partial charge on any atom is 0.129 e. The van der Waals surface area contributed by atoms with E-state index in [9.17, 15) is 5.11 Å². The van der Waals surface area contributed by atoms with E-state index in [-0.39, 0.29) is 5.75 Å². The van der Waals surface area contributed by atoms with Gasteiger partial charge in [-0.25, -0.2) is 9.97 Å². The molecular formula is C20H20N6O. The van der Waals surface area contributed by atoms with Crippen LogP contribution in [-0.2, 0) is 7.05 Å². The molecule has 136 valence electrons. The number of pyridine rings is 2. The molecule has 7 nitrogen and oxygen atoms in total. The lowest BCUT2D eigenvalue weighted by Crippen LogP contribution is -2.43. The number of fused-ring (bicyclic) bond motifs is 2. The minimum Gasteiger partial charge on any atom is -0.507 e. The van der Waals surface area contributed by atoms with Crippen molar-refractivity contribution >= 4 is 27.8 Å². The Morgan fingerprint density at radius 1 is 0.963 bits per heavy atom. The van der Waals surface area contributed by atoms with Gasteiger partial charge in [0.05, 0.1) is 22.2 Å². The van der Waals surface area contributed by atoms with Crippen molar-refractivity contribution < 1.29 is 5.11 Å². The van der Waals surface area contributed by atoms with Crippen LogP contribution in [0.2, 0.25) is 0 Å². The summed E-state index contributed by atoms with van der Waals surface area (Å²) in [6, 6.07) is 11.5. The summed E-state index contributed by atoms with van der Waals surface area (Å²) in [5.74, 6) is 1.16. The fraction of sp³-hybridized carbons (Fsp3) is 0.250. The number of aryl methyl sites for hydroxylation is 1. The van der Waals surface area contributed by atoms with Crippen LogP contribution < -0.4 is 10.2 Å². The molecule has 4 heterocycles. The van der Waals surface area contributed by atoms with Crippen molar-refractivity contribution in [2.45, 2.75) is 0 Å². The molecular weight excluding hydrogens is 340 g/mol. The Balaban J connectivity index is 1.55. The number of aromatic hydroxyl groups is 1. The van der Waals surface area contributed by atoms with E-state index in [4.69, 9.17) is 9.97 Å². The Bertz CT molecular complexity index is 1150. The second kappa shape index (κ2) is 6.21. The highest BCUT2D eigenvalue weighted by molar-refractivity contribution is 5.88. The fourth-order valence-electron chi connectivity index (χ4n) is 3.61. The third-order valence-electron chi connectivity index (χ3n) is 4.98. The quantitative estimate of drug-likeness (QED) is 0.571. The number of piperazine rings is 1. The van der Waals surface area contributed by atoms with Gasteiger partial charge < -0.3 is 15.3 Å². The number of phenols is 1. The summed E-state index contributed by atoms with van der Waals surface area (Å²) < 4.78 is 1.74. The summed E-state index contributed by atoms with van der Waals surface area (Å²) in [6.45, 7) is 3.88. The predicted octanol–water partition coefficient (Wildman–Crippen LogP) is 2.30. The average molecular weight is 360 g/mol. The van der Waals surface area contributed by atoms with Crippen molar-refractivity contribution in [1.82, 2.24) is 25.1 Å². The number of aromatic nitrogens is 4. The van der Waals surface area contributed by atoms with E-state index in [2.05, 4.69) is 15.3 Å². The Morgan fingerprint density at radius 3 is 2.59 bits per heavy atom. The lowest BCUT2D eigenvalue weighted by Gasteiger charge is -2.28. The molecule has 1 saturated heterocycles. The van der Waals surface area contributed by atoms with Gasteiger partial charge in [-0.2, -0.15) is 5.10 Å². The van der Waals surface area contributed by atoms with Gasteiger partial charge in [-0.05, 0) is 30.3 Å². The van der Waals surface area contributed by atoms with Crippen LogP contribution in [-0.4, -0.2) is 51.0 Å². The van der Waals surface area contributed by atoms with E-state index in [1.165, 1.54) is 0 Å². The fourth-order valence-corrected chi connectivity index (χ4v) is 3.61. The van der Waals surface area contributed by atoms with Gasteiger partial charge in [0.1, 0.15) is 11.6 Å². The molecule has 7 heteroatoms. The molecule has 4 aromatic rings. The molecule has 1 aliphatic rings. The number of nitrogens with zero attached hydrogens (tertiary/aromatic N) is 5. The van der Waals surface area contributed by atoms with Crippen LogP contribution in [0, 0.1) is 0 Å². The predicted molar refractivity (Wildman–Crippen MR) is 106 cm³/mol. The molecule has 3 aromatic heterocycles. The van der Waals surface area contributed by atoms with Gasteiger partial charge in [-0.1, -0.05) is 0 Å². The number of hydrogen-bond donors (Lipinski definition) is 2. The first kappa shape index (κ1) is 16.0. The number of rotatable bonds is 2. The molecule has 0 atom stereocenters. The molecule has 1 aromatic carbocycles. The minimum atomic E-state index is 0.179. The van der Waals surface area contributed by atoms with E-state index in [0.717, 1.165) is 59.6 Å². The van der Waals surface area contributed by atoms with Gasteiger partial charge >= 0.3 is 0 Å². The van der Waals surface area contributed by atoms with Crippen molar-refractivity contribution in [3.63, 3.8) is 0 Å². The number of anilines is 1. The number of nitrogens with one attached hydrogen (secondary N) is 1. The lowest BCUT2D eigenvalue weighted by atomic mass is 10.1. The largest absolute Gasteiger partial charge is 0.507 e. The van der Waals surface area contributed by atoms with Crippen molar-refractivity contribution in [2.75, 3.05) is 31.1 Å². The molecule has 27 heavy (non-hydrogen) atoms. The highest BCUT2D eigenvalue weighted by Crippen LogP contribution is 2.32. The van der Waals surface area contributed by atoms with Crippen LogP contribution in [0.25, 0.3) is 33.2 Å². The zero-order chi connectivity index (χ0) is 18.4. The summed E-state index contributed by atoms with van der Waals surface area (Å²) in [5.41, 5.74) is 3.86. The molecule has 0 aliphatic carbocycles. The molecule has 1 fully saturated rings. The van der Waals surface area contributed by atoms with Gasteiger partial charge in [0.2, 0.25) is 0 Å². The van der Waals surface area contributed by atoms with Crippen LogP contribution in [0.4, 0.5) is 5.82 Å². The second-order valence-electron chi connectivity index (χ2n) is 6.87. The third-order valence-corrected chi connectivity index (χ3v) is 4.98. The summed E-state index contributed by atoms with van der Waals surface area (Å²) in [5, 5.41) is 19.1.